The van der Waals surface area contributed by atoms with Crippen LogP contribution in [-0.4, -0.2) is 52.7 Å². The molecular weight excluding hydrogens is 408 g/mol. The van der Waals surface area contributed by atoms with Crippen molar-refractivity contribution in [2.24, 2.45) is 0 Å². The molecule has 3 rings (SSSR count). The third-order valence-electron chi connectivity index (χ3n) is 5.23. The minimum atomic E-state index is -3.81. The molecule has 1 saturated heterocycles. The molecule has 2 aromatic carbocycles. The lowest BCUT2D eigenvalue weighted by Crippen LogP contribution is -2.61. The van der Waals surface area contributed by atoms with Crippen molar-refractivity contribution < 1.29 is 18.4 Å². The predicted octanol–water partition coefficient (Wildman–Crippen LogP) is 2.85. The van der Waals surface area contributed by atoms with E-state index in [2.05, 4.69) is 0 Å². The molecule has 0 radical (unpaired) electrons. The molecule has 0 spiro atoms. The lowest BCUT2D eigenvalue weighted by atomic mass is 9.93. The van der Waals surface area contributed by atoms with E-state index >= 15 is 0 Å². The summed E-state index contributed by atoms with van der Waals surface area (Å²) in [5.74, 6) is -0.639. The minimum absolute atomic E-state index is 0.156. The van der Waals surface area contributed by atoms with Crippen molar-refractivity contribution in [1.82, 2.24) is 9.79 Å². The summed E-state index contributed by atoms with van der Waals surface area (Å²) in [6.45, 7) is 3.88. The first-order valence-electron chi connectivity index (χ1n) is 9.43. The van der Waals surface area contributed by atoms with Gasteiger partial charge >= 0.3 is 0 Å². The Kier molecular flexibility index (Phi) is 6.68. The van der Waals surface area contributed by atoms with Crippen molar-refractivity contribution >= 4 is 27.7 Å². The molecular formula is C21H26N2O4S2. The first-order valence-corrected chi connectivity index (χ1v) is 12.0. The molecule has 1 unspecified atom stereocenters. The van der Waals surface area contributed by atoms with E-state index in [1.807, 2.05) is 74.5 Å². The van der Waals surface area contributed by atoms with Crippen LogP contribution in [0.5, 0.6) is 0 Å². The van der Waals surface area contributed by atoms with Crippen molar-refractivity contribution in [2.45, 2.75) is 30.6 Å². The summed E-state index contributed by atoms with van der Waals surface area (Å²) < 4.78 is 27.6. The van der Waals surface area contributed by atoms with Crippen molar-refractivity contribution in [3.63, 3.8) is 0 Å². The van der Waals surface area contributed by atoms with Crippen molar-refractivity contribution in [3.8, 4) is 0 Å². The second-order valence-corrected chi connectivity index (χ2v) is 11.3. The summed E-state index contributed by atoms with van der Waals surface area (Å²) in [4.78, 5) is 12.4. The van der Waals surface area contributed by atoms with E-state index < -0.39 is 26.7 Å². The first-order chi connectivity index (χ1) is 13.8. The van der Waals surface area contributed by atoms with Crippen molar-refractivity contribution in [2.75, 3.05) is 18.1 Å². The molecule has 2 N–H and O–H groups in total. The molecule has 8 heteroatoms. The number of sulfonamides is 1. The zero-order chi connectivity index (χ0) is 21.1. The largest absolute Gasteiger partial charge is 0.289 e. The van der Waals surface area contributed by atoms with E-state index in [-0.39, 0.29) is 18.2 Å². The lowest BCUT2D eigenvalue weighted by Gasteiger charge is -2.43. The standard InChI is InChI=1S/C21H26N2O4S2/c1-21(2)19(20(24)22-25)23(13-14-28-21)29(26,27)15-18(16-9-5-3-6-10-16)17-11-7-4-8-12-17/h3-12,18-19,25H,13-15H2,1-2H3,(H,22,24). The van der Waals surface area contributed by atoms with Crippen LogP contribution in [0.1, 0.15) is 30.9 Å². The van der Waals surface area contributed by atoms with E-state index in [4.69, 9.17) is 0 Å². The summed E-state index contributed by atoms with van der Waals surface area (Å²) in [6, 6.07) is 18.0. The topological polar surface area (TPSA) is 86.7 Å². The highest BCUT2D eigenvalue weighted by atomic mass is 32.2. The maximum Gasteiger partial charge on any atom is 0.263 e. The number of carbonyl (C=O) groups excluding carboxylic acids is 1. The second kappa shape index (κ2) is 8.87. The Labute approximate surface area is 176 Å². The number of carbonyl (C=O) groups is 1. The SMILES string of the molecule is CC1(C)SCCN(S(=O)(=O)CC(c2ccccc2)c2ccccc2)C1C(=O)NO. The zero-order valence-electron chi connectivity index (χ0n) is 16.5. The maximum atomic E-state index is 13.5. The van der Waals surface area contributed by atoms with Crippen LogP contribution in [0, 0.1) is 0 Å². The Morgan fingerprint density at radius 2 is 1.66 bits per heavy atom. The van der Waals surface area contributed by atoms with Gasteiger partial charge in [-0.3, -0.25) is 10.0 Å². The number of amides is 1. The number of thioether (sulfide) groups is 1. The lowest BCUT2D eigenvalue weighted by molar-refractivity contribution is -0.134. The highest BCUT2D eigenvalue weighted by Crippen LogP contribution is 2.38. The van der Waals surface area contributed by atoms with Crippen LogP contribution >= 0.6 is 11.8 Å². The summed E-state index contributed by atoms with van der Waals surface area (Å²) in [5, 5.41) is 9.21. The number of benzene rings is 2. The fourth-order valence-electron chi connectivity index (χ4n) is 3.82. The normalized spacial score (nSPS) is 19.8. The summed E-state index contributed by atoms with van der Waals surface area (Å²) in [7, 11) is -3.81. The molecule has 1 aliphatic heterocycles. The van der Waals surface area contributed by atoms with Gasteiger partial charge in [-0.2, -0.15) is 16.1 Å². The smallest absolute Gasteiger partial charge is 0.263 e. The average molecular weight is 435 g/mol. The van der Waals surface area contributed by atoms with Crippen LogP contribution in [0.4, 0.5) is 0 Å². The number of rotatable bonds is 6. The first kappa shape index (κ1) is 21.8. The van der Waals surface area contributed by atoms with E-state index in [9.17, 15) is 18.4 Å². The van der Waals surface area contributed by atoms with Gasteiger partial charge in [0, 0.05) is 23.0 Å². The molecule has 156 valence electrons. The van der Waals surface area contributed by atoms with Gasteiger partial charge in [-0.1, -0.05) is 60.7 Å². The number of hydroxylamine groups is 1. The fourth-order valence-corrected chi connectivity index (χ4v) is 7.26. The number of hydrogen-bond donors (Lipinski definition) is 2. The Morgan fingerprint density at radius 3 is 2.14 bits per heavy atom. The minimum Gasteiger partial charge on any atom is -0.289 e. The summed E-state index contributed by atoms with van der Waals surface area (Å²) in [5.41, 5.74) is 3.45. The second-order valence-electron chi connectivity index (χ2n) is 7.59. The van der Waals surface area contributed by atoms with Crippen LogP contribution in [-0.2, 0) is 14.8 Å². The molecule has 1 atom stereocenters. The van der Waals surface area contributed by atoms with E-state index in [0.717, 1.165) is 11.1 Å². The van der Waals surface area contributed by atoms with Crippen LogP contribution in [0.25, 0.3) is 0 Å². The zero-order valence-corrected chi connectivity index (χ0v) is 18.1. The molecule has 29 heavy (non-hydrogen) atoms. The molecule has 0 aliphatic carbocycles. The van der Waals surface area contributed by atoms with Gasteiger partial charge in [-0.15, -0.1) is 0 Å². The third kappa shape index (κ3) is 4.83. The molecule has 1 amide bonds. The van der Waals surface area contributed by atoms with E-state index in [1.54, 1.807) is 5.48 Å². The maximum absolute atomic E-state index is 13.5. The molecule has 6 nitrogen and oxygen atoms in total. The Balaban J connectivity index is 1.99. The van der Waals surface area contributed by atoms with Crippen molar-refractivity contribution in [1.29, 1.82) is 0 Å². The Morgan fingerprint density at radius 1 is 1.14 bits per heavy atom. The highest BCUT2D eigenvalue weighted by Gasteiger charge is 2.48. The summed E-state index contributed by atoms with van der Waals surface area (Å²) in [6.07, 6.45) is 0. The van der Waals surface area contributed by atoms with Gasteiger partial charge in [0.05, 0.1) is 5.75 Å². The molecule has 2 aromatic rings. The van der Waals surface area contributed by atoms with E-state index in [0.29, 0.717) is 5.75 Å². The van der Waals surface area contributed by atoms with Gasteiger partial charge in [0.1, 0.15) is 6.04 Å². The molecule has 0 bridgehead atoms. The van der Waals surface area contributed by atoms with Crippen LogP contribution in [0.15, 0.2) is 60.7 Å². The Hall–Kier alpha value is -1.87. The van der Waals surface area contributed by atoms with Gasteiger partial charge in [-0.05, 0) is 25.0 Å². The quantitative estimate of drug-likeness (QED) is 0.539. The Bertz CT molecular complexity index is 894. The van der Waals surface area contributed by atoms with Gasteiger partial charge in [0.15, 0.2) is 0 Å². The number of nitrogens with zero attached hydrogens (tertiary/aromatic N) is 1. The molecule has 1 fully saturated rings. The third-order valence-corrected chi connectivity index (χ3v) is 8.45. The monoisotopic (exact) mass is 434 g/mol. The summed E-state index contributed by atoms with van der Waals surface area (Å²) >= 11 is 1.53. The molecule has 1 aliphatic rings. The number of nitrogens with one attached hydrogen (secondary N) is 1. The van der Waals surface area contributed by atoms with E-state index in [1.165, 1.54) is 16.1 Å². The van der Waals surface area contributed by atoms with Gasteiger partial charge in [0.2, 0.25) is 10.0 Å². The molecule has 0 saturated carbocycles. The van der Waals surface area contributed by atoms with Gasteiger partial charge < -0.3 is 0 Å². The van der Waals surface area contributed by atoms with Crippen LogP contribution in [0.2, 0.25) is 0 Å². The molecule has 0 aromatic heterocycles. The van der Waals surface area contributed by atoms with Gasteiger partial charge in [0.25, 0.3) is 5.91 Å². The highest BCUT2D eigenvalue weighted by molar-refractivity contribution is 8.00. The molecule has 1 heterocycles. The predicted molar refractivity (Wildman–Crippen MR) is 115 cm³/mol. The fraction of sp³-hybridized carbons (Fsp3) is 0.381. The van der Waals surface area contributed by atoms with Crippen molar-refractivity contribution in [3.05, 3.63) is 71.8 Å². The van der Waals surface area contributed by atoms with Gasteiger partial charge in [-0.25, -0.2) is 13.9 Å². The van der Waals surface area contributed by atoms with Crippen LogP contribution < -0.4 is 5.48 Å². The average Bonchev–Trinajstić information content (AvgIpc) is 2.72. The number of hydrogen-bond acceptors (Lipinski definition) is 5. The van der Waals surface area contributed by atoms with Crippen LogP contribution in [0.3, 0.4) is 0 Å².